The first-order chi connectivity index (χ1) is 18.5. The first-order valence-corrected chi connectivity index (χ1v) is 13.9. The Morgan fingerprint density at radius 1 is 0.579 bits per heavy atom. The van der Waals surface area contributed by atoms with Crippen LogP contribution in [0.1, 0.15) is 96.1 Å². The van der Waals surface area contributed by atoms with Crippen molar-refractivity contribution in [3.8, 4) is 11.5 Å². The quantitative estimate of drug-likeness (QED) is 0.231. The van der Waals surface area contributed by atoms with Gasteiger partial charge in [0.1, 0.15) is 11.5 Å². The van der Waals surface area contributed by atoms with Gasteiger partial charge in [-0.05, 0) is 75.6 Å². The molecule has 0 aromatic heterocycles. The fourth-order valence-corrected chi connectivity index (χ4v) is 5.70. The van der Waals surface area contributed by atoms with Gasteiger partial charge in [0.2, 0.25) is 11.6 Å². The van der Waals surface area contributed by atoms with E-state index in [-0.39, 0.29) is 33.8 Å². The standard InChI is InChI=1S/C30H36N4O4/c35-23-13-14-24(36)28-27(23)29(37)25-21(33-17-15-31-19-7-3-1-4-8-19)11-12-22(26(25)30(28)38)34-18-16-32-20-9-5-2-6-10-20/h11-14,33-36H,1-10,15-18H2. The number of phenolic OH excluding ortho intramolecular Hbond substituents is 2. The number of hydrogen-bond donors (Lipinski definition) is 4. The molecule has 0 unspecified atom stereocenters. The van der Waals surface area contributed by atoms with Gasteiger partial charge in [0, 0.05) is 35.9 Å². The molecule has 38 heavy (non-hydrogen) atoms. The van der Waals surface area contributed by atoms with E-state index in [1.807, 2.05) is 0 Å². The van der Waals surface area contributed by atoms with Gasteiger partial charge >= 0.3 is 0 Å². The van der Waals surface area contributed by atoms with Crippen molar-refractivity contribution < 1.29 is 19.8 Å². The molecule has 5 rings (SSSR count). The van der Waals surface area contributed by atoms with Crippen LogP contribution in [0.2, 0.25) is 0 Å². The summed E-state index contributed by atoms with van der Waals surface area (Å²) in [4.78, 5) is 36.8. The Labute approximate surface area is 223 Å². The summed E-state index contributed by atoms with van der Waals surface area (Å²) in [5, 5.41) is 27.5. The highest BCUT2D eigenvalue weighted by Gasteiger charge is 2.37. The molecule has 8 nitrogen and oxygen atoms in total. The summed E-state index contributed by atoms with van der Waals surface area (Å²) in [5.41, 5.74) is 3.62. The fourth-order valence-electron chi connectivity index (χ4n) is 5.70. The number of ketones is 2. The average Bonchev–Trinajstić information content (AvgIpc) is 2.94. The third-order valence-corrected chi connectivity index (χ3v) is 7.66. The van der Waals surface area contributed by atoms with Gasteiger partial charge < -0.3 is 20.8 Å². The molecule has 0 aliphatic heterocycles. The second-order valence-corrected chi connectivity index (χ2v) is 10.3. The monoisotopic (exact) mass is 516 g/mol. The highest BCUT2D eigenvalue weighted by molar-refractivity contribution is 6.33. The molecule has 2 aromatic rings. The third kappa shape index (κ3) is 5.44. The van der Waals surface area contributed by atoms with Crippen molar-refractivity contribution in [2.75, 3.05) is 36.8 Å². The minimum absolute atomic E-state index is 0.158. The van der Waals surface area contributed by atoms with Gasteiger partial charge in [-0.2, -0.15) is 0 Å². The number of hydrogen-bond acceptors (Lipinski definition) is 8. The number of nitrogens with zero attached hydrogens (tertiary/aromatic N) is 2. The first-order valence-electron chi connectivity index (χ1n) is 13.9. The molecule has 0 bridgehead atoms. The van der Waals surface area contributed by atoms with Crippen LogP contribution in [-0.4, -0.2) is 59.4 Å². The zero-order valence-electron chi connectivity index (χ0n) is 21.8. The van der Waals surface area contributed by atoms with Crippen molar-refractivity contribution >= 4 is 34.4 Å². The van der Waals surface area contributed by atoms with Gasteiger partial charge in [-0.3, -0.25) is 19.6 Å². The molecule has 3 aliphatic rings. The summed E-state index contributed by atoms with van der Waals surface area (Å²) in [6.07, 6.45) is 11.5. The average molecular weight is 517 g/mol. The lowest BCUT2D eigenvalue weighted by atomic mass is 9.81. The van der Waals surface area contributed by atoms with E-state index in [1.54, 1.807) is 12.1 Å². The van der Waals surface area contributed by atoms with Gasteiger partial charge in [-0.1, -0.05) is 12.8 Å². The summed E-state index contributed by atoms with van der Waals surface area (Å²) in [6, 6.07) is 6.06. The molecule has 2 fully saturated rings. The summed E-state index contributed by atoms with van der Waals surface area (Å²) in [5.74, 6) is -1.62. The van der Waals surface area contributed by atoms with E-state index in [0.717, 1.165) is 25.7 Å². The number of fused-ring (bicyclic) bond motifs is 2. The SMILES string of the molecule is O=C1c2c(O)ccc(O)c2C(=O)c2c(NCCN=C3CCCCC3)ccc(NCCN=C3CCCCC3)c21. The topological polar surface area (TPSA) is 123 Å². The lowest BCUT2D eigenvalue weighted by Gasteiger charge is -2.24. The zero-order valence-corrected chi connectivity index (χ0v) is 21.8. The van der Waals surface area contributed by atoms with Gasteiger partial charge in [0.15, 0.2) is 0 Å². The summed E-state index contributed by atoms with van der Waals surface area (Å²) < 4.78 is 0. The smallest absolute Gasteiger partial charge is 0.200 e. The molecule has 0 atom stereocenters. The number of carbonyl (C=O) groups excluding carboxylic acids is 2. The molecule has 8 heteroatoms. The van der Waals surface area contributed by atoms with Crippen molar-refractivity contribution in [2.45, 2.75) is 64.2 Å². The van der Waals surface area contributed by atoms with Crippen LogP contribution in [0.3, 0.4) is 0 Å². The Balaban J connectivity index is 1.40. The Morgan fingerprint density at radius 3 is 1.37 bits per heavy atom. The summed E-state index contributed by atoms with van der Waals surface area (Å²) >= 11 is 0. The van der Waals surface area contributed by atoms with Crippen molar-refractivity contribution in [3.05, 3.63) is 46.5 Å². The number of phenols is 2. The van der Waals surface area contributed by atoms with E-state index >= 15 is 0 Å². The van der Waals surface area contributed by atoms with E-state index in [2.05, 4.69) is 10.6 Å². The zero-order chi connectivity index (χ0) is 26.5. The highest BCUT2D eigenvalue weighted by Crippen LogP contribution is 2.42. The van der Waals surface area contributed by atoms with Crippen LogP contribution in [0.15, 0.2) is 34.3 Å². The van der Waals surface area contributed by atoms with Crippen LogP contribution in [-0.2, 0) is 0 Å². The molecule has 4 N–H and O–H groups in total. The molecule has 0 radical (unpaired) electrons. The second-order valence-electron chi connectivity index (χ2n) is 10.3. The van der Waals surface area contributed by atoms with Crippen molar-refractivity contribution in [2.24, 2.45) is 9.98 Å². The summed E-state index contributed by atoms with van der Waals surface area (Å²) in [6.45, 7) is 2.19. The highest BCUT2D eigenvalue weighted by atomic mass is 16.3. The molecule has 0 heterocycles. The van der Waals surface area contributed by atoms with E-state index in [0.29, 0.717) is 37.6 Å². The fraction of sp³-hybridized carbons (Fsp3) is 0.467. The Kier molecular flexibility index (Phi) is 8.05. The Hall–Kier alpha value is -3.68. The van der Waals surface area contributed by atoms with Gasteiger partial charge in [-0.15, -0.1) is 0 Å². The molecule has 0 spiro atoms. The number of aliphatic imine (C=N–C) groups is 2. The maximum Gasteiger partial charge on any atom is 0.200 e. The molecule has 3 aliphatic carbocycles. The minimum Gasteiger partial charge on any atom is -0.507 e. The normalized spacial score (nSPS) is 17.1. The van der Waals surface area contributed by atoms with Crippen LogP contribution in [0, 0.1) is 0 Å². The Bertz CT molecular complexity index is 1180. The van der Waals surface area contributed by atoms with E-state index in [1.165, 1.54) is 62.1 Å². The predicted molar refractivity (Wildman–Crippen MR) is 151 cm³/mol. The number of aromatic hydroxyl groups is 2. The second kappa shape index (κ2) is 11.8. The molecule has 200 valence electrons. The number of anilines is 2. The molecular formula is C30H36N4O4. The molecule has 2 aromatic carbocycles. The van der Waals surface area contributed by atoms with E-state index < -0.39 is 11.6 Å². The lowest BCUT2D eigenvalue weighted by molar-refractivity contribution is 0.0975. The van der Waals surface area contributed by atoms with Gasteiger partial charge in [0.05, 0.1) is 35.3 Å². The van der Waals surface area contributed by atoms with Crippen LogP contribution in [0.5, 0.6) is 11.5 Å². The maximum atomic E-state index is 13.7. The summed E-state index contributed by atoms with van der Waals surface area (Å²) in [7, 11) is 0. The van der Waals surface area contributed by atoms with Crippen molar-refractivity contribution in [1.82, 2.24) is 0 Å². The lowest BCUT2D eigenvalue weighted by Crippen LogP contribution is -2.25. The van der Waals surface area contributed by atoms with Crippen LogP contribution >= 0.6 is 0 Å². The van der Waals surface area contributed by atoms with Crippen molar-refractivity contribution in [1.29, 1.82) is 0 Å². The van der Waals surface area contributed by atoms with Gasteiger partial charge in [0.25, 0.3) is 0 Å². The molecular weight excluding hydrogens is 480 g/mol. The van der Waals surface area contributed by atoms with Crippen LogP contribution in [0.25, 0.3) is 0 Å². The molecule has 2 saturated carbocycles. The van der Waals surface area contributed by atoms with E-state index in [9.17, 15) is 19.8 Å². The van der Waals surface area contributed by atoms with Gasteiger partial charge in [-0.25, -0.2) is 0 Å². The largest absolute Gasteiger partial charge is 0.507 e. The number of benzene rings is 2. The third-order valence-electron chi connectivity index (χ3n) is 7.66. The Morgan fingerprint density at radius 2 is 0.974 bits per heavy atom. The van der Waals surface area contributed by atoms with Crippen LogP contribution in [0.4, 0.5) is 11.4 Å². The number of nitrogens with one attached hydrogen (secondary N) is 2. The minimum atomic E-state index is -0.491. The first kappa shape index (κ1) is 25.9. The predicted octanol–water partition coefficient (Wildman–Crippen LogP) is 5.51. The molecule has 0 saturated heterocycles. The molecule has 0 amide bonds. The van der Waals surface area contributed by atoms with Crippen molar-refractivity contribution in [3.63, 3.8) is 0 Å². The number of rotatable bonds is 8. The van der Waals surface area contributed by atoms with E-state index in [4.69, 9.17) is 9.98 Å². The van der Waals surface area contributed by atoms with Crippen LogP contribution < -0.4 is 10.6 Å². The maximum absolute atomic E-state index is 13.7. The number of carbonyl (C=O) groups is 2.